The van der Waals surface area contributed by atoms with E-state index in [1.165, 1.54) is 49.1 Å². The van der Waals surface area contributed by atoms with Crippen LogP contribution in [0.4, 0.5) is 0 Å². The zero-order valence-corrected chi connectivity index (χ0v) is 14.2. The number of rotatable bonds is 6. The van der Waals surface area contributed by atoms with Gasteiger partial charge in [0.15, 0.2) is 0 Å². The maximum Gasteiger partial charge on any atom is 0.0236 e. The highest BCUT2D eigenvalue weighted by Gasteiger charge is 2.35. The fraction of sp³-hybridized carbons (Fsp3) is 0.667. The van der Waals surface area contributed by atoms with Gasteiger partial charge in [0.1, 0.15) is 0 Å². The van der Waals surface area contributed by atoms with E-state index in [0.717, 1.165) is 24.7 Å². The number of hydrogen-bond donors (Lipinski definition) is 1. The van der Waals surface area contributed by atoms with Crippen molar-refractivity contribution in [1.29, 1.82) is 0 Å². The van der Waals surface area contributed by atoms with Crippen molar-refractivity contribution < 1.29 is 0 Å². The number of hydrogen-bond acceptors (Lipinski definition) is 3. The first-order valence-electron chi connectivity index (χ1n) is 8.41. The predicted molar refractivity (Wildman–Crippen MR) is 91.9 cm³/mol. The molecule has 2 heterocycles. The Balaban J connectivity index is 1.65. The van der Waals surface area contributed by atoms with Crippen LogP contribution in [0.1, 0.15) is 44.6 Å². The van der Waals surface area contributed by atoms with E-state index in [1.54, 1.807) is 0 Å². The topological polar surface area (TPSA) is 15.3 Å². The molecule has 3 heteroatoms. The highest BCUT2D eigenvalue weighted by molar-refractivity contribution is 7.98. The van der Waals surface area contributed by atoms with Crippen LogP contribution in [0.25, 0.3) is 0 Å². The zero-order chi connectivity index (χ0) is 14.7. The van der Waals surface area contributed by atoms with Gasteiger partial charge in [-0.05, 0) is 62.6 Å². The van der Waals surface area contributed by atoms with Crippen LogP contribution >= 0.6 is 11.8 Å². The summed E-state index contributed by atoms with van der Waals surface area (Å²) in [4.78, 5) is 4.10. The van der Waals surface area contributed by atoms with Crippen LogP contribution in [-0.2, 0) is 6.54 Å². The third kappa shape index (κ3) is 3.82. The predicted octanol–water partition coefficient (Wildman–Crippen LogP) is 3.90. The van der Waals surface area contributed by atoms with Crippen molar-refractivity contribution in [3.05, 3.63) is 29.8 Å². The molecule has 0 radical (unpaired) electrons. The number of piperidine rings is 1. The van der Waals surface area contributed by atoms with Gasteiger partial charge in [-0.25, -0.2) is 0 Å². The summed E-state index contributed by atoms with van der Waals surface area (Å²) in [6, 6.07) is 11.5. The summed E-state index contributed by atoms with van der Waals surface area (Å²) in [5.41, 5.74) is 1.46. The van der Waals surface area contributed by atoms with Crippen molar-refractivity contribution in [3.63, 3.8) is 0 Å². The van der Waals surface area contributed by atoms with Crippen molar-refractivity contribution >= 4 is 11.8 Å². The fourth-order valence-corrected chi connectivity index (χ4v) is 4.38. The van der Waals surface area contributed by atoms with E-state index in [2.05, 4.69) is 47.7 Å². The number of thioether (sulfide) groups is 1. The second-order valence-electron chi connectivity index (χ2n) is 6.58. The first kappa shape index (κ1) is 15.4. The number of nitrogens with one attached hydrogen (secondary N) is 1. The molecule has 2 aliphatic heterocycles. The Morgan fingerprint density at radius 3 is 2.38 bits per heavy atom. The molecule has 1 aromatic rings. The van der Waals surface area contributed by atoms with Crippen molar-refractivity contribution in [2.24, 2.45) is 0 Å². The monoisotopic (exact) mass is 304 g/mol. The number of nitrogens with zero attached hydrogens (tertiary/aromatic N) is 1. The van der Waals surface area contributed by atoms with Gasteiger partial charge in [0.05, 0.1) is 0 Å². The molecule has 2 saturated heterocycles. The molecule has 0 aliphatic carbocycles. The van der Waals surface area contributed by atoms with Gasteiger partial charge >= 0.3 is 0 Å². The molecule has 2 unspecified atom stereocenters. The molecule has 2 bridgehead atoms. The molecule has 1 N–H and O–H groups in total. The minimum atomic E-state index is 0.781. The highest BCUT2D eigenvalue weighted by Crippen LogP contribution is 2.30. The van der Waals surface area contributed by atoms with Crippen LogP contribution in [0.3, 0.4) is 0 Å². The molecule has 0 amide bonds. The Morgan fingerprint density at radius 2 is 1.81 bits per heavy atom. The van der Waals surface area contributed by atoms with Crippen LogP contribution < -0.4 is 5.32 Å². The van der Waals surface area contributed by atoms with Crippen LogP contribution in [-0.4, -0.2) is 35.8 Å². The van der Waals surface area contributed by atoms with Gasteiger partial charge in [0.2, 0.25) is 0 Å². The summed E-state index contributed by atoms with van der Waals surface area (Å²) in [7, 11) is 0. The minimum absolute atomic E-state index is 0.781. The lowest BCUT2D eigenvalue weighted by molar-refractivity contribution is 0.134. The summed E-state index contributed by atoms with van der Waals surface area (Å²) in [5.74, 6) is 0. The van der Waals surface area contributed by atoms with Crippen molar-refractivity contribution in [1.82, 2.24) is 10.2 Å². The van der Waals surface area contributed by atoms with Gasteiger partial charge in [0, 0.05) is 29.6 Å². The third-order valence-electron chi connectivity index (χ3n) is 5.02. The van der Waals surface area contributed by atoms with E-state index in [4.69, 9.17) is 0 Å². The molecule has 116 valence electrons. The Labute approximate surface area is 133 Å². The van der Waals surface area contributed by atoms with Gasteiger partial charge in [-0.3, -0.25) is 4.90 Å². The maximum absolute atomic E-state index is 3.77. The Bertz CT molecular complexity index is 433. The van der Waals surface area contributed by atoms with E-state index in [9.17, 15) is 0 Å². The Hall–Kier alpha value is -0.510. The van der Waals surface area contributed by atoms with Gasteiger partial charge in [0.25, 0.3) is 0 Å². The molecule has 2 aliphatic rings. The molecule has 3 rings (SSSR count). The number of benzene rings is 1. The van der Waals surface area contributed by atoms with E-state index >= 15 is 0 Å². The van der Waals surface area contributed by atoms with Crippen LogP contribution in [0.15, 0.2) is 29.2 Å². The van der Waals surface area contributed by atoms with E-state index in [-0.39, 0.29) is 0 Å². The summed E-state index contributed by atoms with van der Waals surface area (Å²) in [6.45, 7) is 4.65. The normalized spacial score (nSPS) is 28.2. The molecular formula is C18H28N2S. The summed E-state index contributed by atoms with van der Waals surface area (Å²) in [6.07, 6.45) is 8.87. The van der Waals surface area contributed by atoms with Gasteiger partial charge < -0.3 is 5.32 Å². The average molecular weight is 305 g/mol. The lowest BCUT2D eigenvalue weighted by atomic mass is 9.97. The molecule has 0 spiro atoms. The Kier molecular flexibility index (Phi) is 5.25. The zero-order valence-electron chi connectivity index (χ0n) is 13.3. The average Bonchev–Trinajstić information content (AvgIpc) is 2.86. The van der Waals surface area contributed by atoms with Crippen molar-refractivity contribution in [2.75, 3.05) is 12.8 Å². The fourth-order valence-electron chi connectivity index (χ4n) is 3.97. The molecule has 0 aromatic heterocycles. The van der Waals surface area contributed by atoms with Crippen molar-refractivity contribution in [3.8, 4) is 0 Å². The SMILES string of the molecule is CCCN(Cc1ccc(SC)cc1)C1CC2CCC(C1)N2. The molecule has 0 saturated carbocycles. The lowest BCUT2D eigenvalue weighted by Crippen LogP contribution is -2.48. The minimum Gasteiger partial charge on any atom is -0.311 e. The summed E-state index contributed by atoms with van der Waals surface area (Å²) in [5, 5.41) is 3.77. The molecular weight excluding hydrogens is 276 g/mol. The largest absolute Gasteiger partial charge is 0.311 e. The number of fused-ring (bicyclic) bond motifs is 2. The van der Waals surface area contributed by atoms with E-state index < -0.39 is 0 Å². The van der Waals surface area contributed by atoms with Gasteiger partial charge in [-0.2, -0.15) is 0 Å². The van der Waals surface area contributed by atoms with Crippen molar-refractivity contribution in [2.45, 2.75) is 68.6 Å². The molecule has 21 heavy (non-hydrogen) atoms. The first-order chi connectivity index (χ1) is 10.3. The smallest absolute Gasteiger partial charge is 0.0236 e. The highest BCUT2D eigenvalue weighted by atomic mass is 32.2. The van der Waals surface area contributed by atoms with Crippen LogP contribution in [0, 0.1) is 0 Å². The molecule has 2 nitrogen and oxygen atoms in total. The molecule has 1 aromatic carbocycles. The Morgan fingerprint density at radius 1 is 1.14 bits per heavy atom. The third-order valence-corrected chi connectivity index (χ3v) is 5.76. The van der Waals surface area contributed by atoms with Gasteiger partial charge in [-0.15, -0.1) is 11.8 Å². The summed E-state index contributed by atoms with van der Waals surface area (Å²) < 4.78 is 0. The quantitative estimate of drug-likeness (QED) is 0.802. The van der Waals surface area contributed by atoms with Crippen LogP contribution in [0.5, 0.6) is 0 Å². The van der Waals surface area contributed by atoms with E-state index in [0.29, 0.717) is 0 Å². The standard InChI is InChI=1S/C18H28N2S/c1-3-10-20(13-14-4-8-18(21-2)9-5-14)17-11-15-6-7-16(12-17)19-15/h4-5,8-9,15-17,19H,3,6-7,10-13H2,1-2H3. The van der Waals surface area contributed by atoms with Crippen LogP contribution in [0.2, 0.25) is 0 Å². The second-order valence-corrected chi connectivity index (χ2v) is 7.46. The van der Waals surface area contributed by atoms with Gasteiger partial charge in [-0.1, -0.05) is 19.1 Å². The first-order valence-corrected chi connectivity index (χ1v) is 9.64. The summed E-state index contributed by atoms with van der Waals surface area (Å²) >= 11 is 1.82. The maximum atomic E-state index is 3.77. The van der Waals surface area contributed by atoms with E-state index in [1.807, 2.05) is 11.8 Å². The lowest BCUT2D eigenvalue weighted by Gasteiger charge is -2.38. The second kappa shape index (κ2) is 7.17. The molecule has 2 atom stereocenters. The molecule has 2 fully saturated rings.